The number of aryl methyl sites for hydroxylation is 2. The molecule has 0 saturated heterocycles. The first-order chi connectivity index (χ1) is 12.0. The third kappa shape index (κ3) is 2.82. The number of nitrogens with two attached hydrogens (primary N) is 1. The first kappa shape index (κ1) is 16.9. The molecule has 1 aromatic carbocycles. The predicted octanol–water partition coefficient (Wildman–Crippen LogP) is 3.10. The number of H-pyrrole nitrogens is 1. The van der Waals surface area contributed by atoms with Crippen LogP contribution in [0.2, 0.25) is 0 Å². The zero-order chi connectivity index (χ0) is 18.1. The van der Waals surface area contributed by atoms with Crippen LogP contribution in [-0.4, -0.2) is 27.6 Å². The highest BCUT2D eigenvalue weighted by molar-refractivity contribution is 6.09. The van der Waals surface area contributed by atoms with Gasteiger partial charge in [-0.2, -0.15) is 5.10 Å². The van der Waals surface area contributed by atoms with Gasteiger partial charge >= 0.3 is 0 Å². The van der Waals surface area contributed by atoms with Crippen molar-refractivity contribution in [1.29, 1.82) is 0 Å². The molecule has 1 amide bonds. The average Bonchev–Trinajstić information content (AvgIpc) is 2.92. The van der Waals surface area contributed by atoms with Gasteiger partial charge in [-0.1, -0.05) is 6.92 Å². The minimum absolute atomic E-state index is 0.152. The summed E-state index contributed by atoms with van der Waals surface area (Å²) < 4.78 is 14.6. The molecule has 0 fully saturated rings. The Morgan fingerprint density at radius 1 is 1.28 bits per heavy atom. The molecule has 0 bridgehead atoms. The van der Waals surface area contributed by atoms with E-state index in [0.717, 1.165) is 12.1 Å². The number of amides is 1. The summed E-state index contributed by atoms with van der Waals surface area (Å²) in [6, 6.07) is 2.93. The zero-order valence-corrected chi connectivity index (χ0v) is 14.4. The lowest BCUT2D eigenvalue weighted by molar-refractivity contribution is 0.0950. The van der Waals surface area contributed by atoms with Gasteiger partial charge in [0.05, 0.1) is 11.4 Å². The van der Waals surface area contributed by atoms with Crippen molar-refractivity contribution in [2.24, 2.45) is 0 Å². The molecule has 0 aliphatic heterocycles. The third-order valence-corrected chi connectivity index (χ3v) is 4.19. The molecule has 3 rings (SSSR count). The van der Waals surface area contributed by atoms with E-state index < -0.39 is 0 Å². The minimum atomic E-state index is -0.385. The summed E-state index contributed by atoms with van der Waals surface area (Å²) in [7, 11) is 0. The molecule has 7 heteroatoms. The molecule has 6 nitrogen and oxygen atoms in total. The van der Waals surface area contributed by atoms with Gasteiger partial charge in [0.1, 0.15) is 5.82 Å². The van der Waals surface area contributed by atoms with Gasteiger partial charge in [-0.25, -0.2) is 9.37 Å². The van der Waals surface area contributed by atoms with Crippen LogP contribution >= 0.6 is 0 Å². The van der Waals surface area contributed by atoms with Crippen LogP contribution in [0.1, 0.15) is 35.2 Å². The fraction of sp³-hybridized carbons (Fsp3) is 0.278. The van der Waals surface area contributed by atoms with Crippen molar-refractivity contribution in [2.75, 3.05) is 12.3 Å². The molecular formula is C18H20FN5O. The van der Waals surface area contributed by atoms with Crippen molar-refractivity contribution in [3.8, 4) is 11.1 Å². The number of benzene rings is 1. The quantitative estimate of drug-likeness (QED) is 0.679. The number of aromatic amines is 1. The minimum Gasteiger partial charge on any atom is -0.396 e. The Balaban J connectivity index is 2.23. The first-order valence-corrected chi connectivity index (χ1v) is 8.12. The second-order valence-corrected chi connectivity index (χ2v) is 5.97. The number of hydrogen-bond acceptors (Lipinski definition) is 4. The number of hydrogen-bond donors (Lipinski definition) is 3. The second kappa shape index (κ2) is 6.51. The predicted molar refractivity (Wildman–Crippen MR) is 95.8 cm³/mol. The summed E-state index contributed by atoms with van der Waals surface area (Å²) >= 11 is 0. The standard InChI is InChI=1S/C18H20FN5O/c1-4-7-21-18(25)17-16(20)11-5-6-13(19)15(12(11)8-22-17)14-9(2)23-24-10(14)3/h5-6,8H,4,7,20H2,1-3H3,(H,21,25)(H,23,24). The molecule has 0 spiro atoms. The smallest absolute Gasteiger partial charge is 0.272 e. The summed E-state index contributed by atoms with van der Waals surface area (Å²) in [6.07, 6.45) is 2.31. The summed E-state index contributed by atoms with van der Waals surface area (Å²) in [6.45, 7) is 6.14. The molecule has 130 valence electrons. The Morgan fingerprint density at radius 2 is 2.04 bits per heavy atom. The average molecular weight is 341 g/mol. The molecule has 2 aromatic heterocycles. The number of carbonyl (C=O) groups is 1. The fourth-order valence-corrected chi connectivity index (χ4v) is 2.96. The van der Waals surface area contributed by atoms with Gasteiger partial charge in [-0.15, -0.1) is 0 Å². The molecule has 25 heavy (non-hydrogen) atoms. The van der Waals surface area contributed by atoms with Crippen LogP contribution < -0.4 is 11.1 Å². The highest BCUT2D eigenvalue weighted by Gasteiger charge is 2.20. The van der Waals surface area contributed by atoms with Gasteiger partial charge < -0.3 is 11.1 Å². The number of nitrogens with one attached hydrogen (secondary N) is 2. The van der Waals surface area contributed by atoms with Gasteiger partial charge in [0.25, 0.3) is 5.91 Å². The lowest BCUT2D eigenvalue weighted by atomic mass is 9.96. The van der Waals surface area contributed by atoms with E-state index in [1.807, 2.05) is 13.8 Å². The van der Waals surface area contributed by atoms with E-state index in [-0.39, 0.29) is 23.1 Å². The van der Waals surface area contributed by atoms with Crippen molar-refractivity contribution in [2.45, 2.75) is 27.2 Å². The lowest BCUT2D eigenvalue weighted by Gasteiger charge is -2.13. The summed E-state index contributed by atoms with van der Waals surface area (Å²) in [5.74, 6) is -0.715. The van der Waals surface area contributed by atoms with E-state index >= 15 is 0 Å². The normalized spacial score (nSPS) is 11.0. The number of pyridine rings is 1. The van der Waals surface area contributed by atoms with E-state index in [9.17, 15) is 9.18 Å². The molecular weight excluding hydrogens is 321 g/mol. The lowest BCUT2D eigenvalue weighted by Crippen LogP contribution is -2.26. The number of rotatable bonds is 4. The SMILES string of the molecule is CCCNC(=O)c1ncc2c(-c3c(C)n[nH]c3C)c(F)ccc2c1N. The molecule has 0 radical (unpaired) electrons. The number of nitrogen functional groups attached to an aromatic ring is 1. The Bertz CT molecular complexity index is 944. The molecule has 0 atom stereocenters. The number of nitrogens with zero attached hydrogens (tertiary/aromatic N) is 2. The molecule has 3 aromatic rings. The Morgan fingerprint density at radius 3 is 2.68 bits per heavy atom. The first-order valence-electron chi connectivity index (χ1n) is 8.12. The van der Waals surface area contributed by atoms with Crippen LogP contribution in [0.5, 0.6) is 0 Å². The van der Waals surface area contributed by atoms with Gasteiger partial charge in [0.15, 0.2) is 5.69 Å². The molecule has 0 aliphatic carbocycles. The maximum atomic E-state index is 14.6. The molecule has 4 N–H and O–H groups in total. The monoisotopic (exact) mass is 341 g/mol. The van der Waals surface area contributed by atoms with E-state index in [0.29, 0.717) is 34.1 Å². The van der Waals surface area contributed by atoms with Crippen LogP contribution in [0.15, 0.2) is 18.3 Å². The van der Waals surface area contributed by atoms with Gasteiger partial charge in [-0.05, 0) is 32.4 Å². The van der Waals surface area contributed by atoms with Crippen LogP contribution in [0.25, 0.3) is 21.9 Å². The maximum Gasteiger partial charge on any atom is 0.272 e. The highest BCUT2D eigenvalue weighted by atomic mass is 19.1. The number of carbonyl (C=O) groups excluding carboxylic acids is 1. The molecule has 0 aliphatic rings. The Hall–Kier alpha value is -2.96. The topological polar surface area (TPSA) is 96.7 Å². The van der Waals surface area contributed by atoms with E-state index in [2.05, 4.69) is 20.5 Å². The largest absolute Gasteiger partial charge is 0.396 e. The van der Waals surface area contributed by atoms with Crippen LogP contribution in [0, 0.1) is 19.7 Å². The zero-order valence-electron chi connectivity index (χ0n) is 14.4. The van der Waals surface area contributed by atoms with Crippen molar-refractivity contribution in [1.82, 2.24) is 20.5 Å². The van der Waals surface area contributed by atoms with Crippen molar-refractivity contribution in [3.63, 3.8) is 0 Å². The molecule has 0 saturated carbocycles. The Kier molecular flexibility index (Phi) is 4.39. The van der Waals surface area contributed by atoms with Crippen molar-refractivity contribution < 1.29 is 9.18 Å². The van der Waals surface area contributed by atoms with E-state index in [1.54, 1.807) is 13.0 Å². The van der Waals surface area contributed by atoms with Crippen LogP contribution in [0.4, 0.5) is 10.1 Å². The van der Waals surface area contributed by atoms with Crippen LogP contribution in [-0.2, 0) is 0 Å². The summed E-state index contributed by atoms with van der Waals surface area (Å²) in [4.78, 5) is 16.4. The van der Waals surface area contributed by atoms with Crippen molar-refractivity contribution >= 4 is 22.4 Å². The van der Waals surface area contributed by atoms with E-state index in [4.69, 9.17) is 5.73 Å². The summed E-state index contributed by atoms with van der Waals surface area (Å²) in [5, 5.41) is 10.9. The maximum absolute atomic E-state index is 14.6. The van der Waals surface area contributed by atoms with Gasteiger partial charge in [-0.3, -0.25) is 9.89 Å². The summed E-state index contributed by atoms with van der Waals surface area (Å²) in [5.41, 5.74) is 9.09. The second-order valence-electron chi connectivity index (χ2n) is 5.97. The highest BCUT2D eigenvalue weighted by Crippen LogP contribution is 2.36. The number of anilines is 1. The molecule has 2 heterocycles. The van der Waals surface area contributed by atoms with Gasteiger partial charge in [0.2, 0.25) is 0 Å². The number of fused-ring (bicyclic) bond motifs is 1. The number of halogens is 1. The Labute approximate surface area is 144 Å². The van der Waals surface area contributed by atoms with Gasteiger partial charge in [0, 0.05) is 40.3 Å². The number of aromatic nitrogens is 3. The van der Waals surface area contributed by atoms with Crippen LogP contribution in [0.3, 0.4) is 0 Å². The van der Waals surface area contributed by atoms with Crippen molar-refractivity contribution in [3.05, 3.63) is 41.2 Å². The third-order valence-electron chi connectivity index (χ3n) is 4.19. The molecule has 0 unspecified atom stereocenters. The fourth-order valence-electron chi connectivity index (χ4n) is 2.96. The van der Waals surface area contributed by atoms with E-state index in [1.165, 1.54) is 12.3 Å².